The summed E-state index contributed by atoms with van der Waals surface area (Å²) in [5, 5.41) is 21.7. The highest BCUT2D eigenvalue weighted by Gasteiger charge is 2.42. The van der Waals surface area contributed by atoms with Crippen LogP contribution in [0.25, 0.3) is 0 Å². The van der Waals surface area contributed by atoms with Crippen molar-refractivity contribution in [1.82, 2.24) is 0 Å². The van der Waals surface area contributed by atoms with Gasteiger partial charge in [0.15, 0.2) is 0 Å². The summed E-state index contributed by atoms with van der Waals surface area (Å²) in [6.07, 6.45) is 3.86. The first-order valence-electron chi connectivity index (χ1n) is 7.09. The van der Waals surface area contributed by atoms with Crippen LogP contribution >= 0.6 is 0 Å². The fourth-order valence-electron chi connectivity index (χ4n) is 3.46. The maximum absolute atomic E-state index is 12.2. The van der Waals surface area contributed by atoms with Gasteiger partial charge in [-0.05, 0) is 37.5 Å². The second-order valence-corrected chi connectivity index (χ2v) is 5.87. The first kappa shape index (κ1) is 14.4. The van der Waals surface area contributed by atoms with Crippen LogP contribution in [0.4, 0.5) is 11.4 Å². The number of nitro groups is 2. The summed E-state index contributed by atoms with van der Waals surface area (Å²) in [6.45, 7) is 0. The molecular formula is C14H14N2O6. The van der Waals surface area contributed by atoms with Gasteiger partial charge >= 0.3 is 5.97 Å². The summed E-state index contributed by atoms with van der Waals surface area (Å²) < 4.78 is 5.42. The van der Waals surface area contributed by atoms with E-state index in [1.165, 1.54) is 0 Å². The third kappa shape index (κ3) is 2.63. The van der Waals surface area contributed by atoms with E-state index in [9.17, 15) is 25.0 Å². The largest absolute Gasteiger partial charge is 0.458 e. The third-order valence-electron chi connectivity index (χ3n) is 4.49. The number of esters is 1. The van der Waals surface area contributed by atoms with E-state index >= 15 is 0 Å². The number of nitro benzene ring substituents is 2. The van der Waals surface area contributed by atoms with Crippen molar-refractivity contribution in [2.75, 3.05) is 0 Å². The molecule has 2 saturated carbocycles. The van der Waals surface area contributed by atoms with Crippen LogP contribution < -0.4 is 0 Å². The van der Waals surface area contributed by atoms with Crippen molar-refractivity contribution in [3.05, 3.63) is 44.0 Å². The zero-order valence-corrected chi connectivity index (χ0v) is 11.6. The molecule has 0 amide bonds. The first-order valence-corrected chi connectivity index (χ1v) is 7.09. The first-order chi connectivity index (χ1) is 10.4. The molecule has 0 radical (unpaired) electrons. The Morgan fingerprint density at radius 2 is 1.68 bits per heavy atom. The third-order valence-corrected chi connectivity index (χ3v) is 4.49. The molecule has 116 valence electrons. The van der Waals surface area contributed by atoms with Gasteiger partial charge in [0.1, 0.15) is 6.10 Å². The normalized spacial score (nSPS) is 25.9. The Bertz CT molecular complexity index is 626. The number of rotatable bonds is 4. The van der Waals surface area contributed by atoms with Crippen LogP contribution in [0.5, 0.6) is 0 Å². The predicted octanol–water partition coefficient (Wildman–Crippen LogP) is 2.85. The molecule has 0 heterocycles. The summed E-state index contributed by atoms with van der Waals surface area (Å²) in [4.78, 5) is 32.3. The molecule has 0 unspecified atom stereocenters. The topological polar surface area (TPSA) is 113 Å². The molecular weight excluding hydrogens is 292 g/mol. The number of hydrogen-bond acceptors (Lipinski definition) is 6. The van der Waals surface area contributed by atoms with E-state index in [1.54, 1.807) is 0 Å². The zero-order chi connectivity index (χ0) is 15.9. The molecule has 0 aliphatic heterocycles. The zero-order valence-electron chi connectivity index (χ0n) is 11.6. The second kappa shape index (κ2) is 5.36. The average molecular weight is 306 g/mol. The fourth-order valence-corrected chi connectivity index (χ4v) is 3.46. The lowest BCUT2D eigenvalue weighted by atomic mass is 9.98. The molecule has 2 aliphatic carbocycles. The number of ether oxygens (including phenoxy) is 1. The van der Waals surface area contributed by atoms with Gasteiger partial charge in [0.2, 0.25) is 0 Å². The number of non-ortho nitro benzene ring substituents is 2. The van der Waals surface area contributed by atoms with Crippen molar-refractivity contribution in [2.24, 2.45) is 11.8 Å². The highest BCUT2D eigenvalue weighted by atomic mass is 16.6. The second-order valence-electron chi connectivity index (χ2n) is 5.87. The van der Waals surface area contributed by atoms with E-state index in [-0.39, 0.29) is 11.7 Å². The summed E-state index contributed by atoms with van der Waals surface area (Å²) in [5.41, 5.74) is -1.13. The van der Waals surface area contributed by atoms with Crippen LogP contribution in [-0.2, 0) is 4.74 Å². The van der Waals surface area contributed by atoms with Gasteiger partial charge < -0.3 is 4.74 Å². The molecule has 2 fully saturated rings. The van der Waals surface area contributed by atoms with Gasteiger partial charge in [0.05, 0.1) is 21.5 Å². The van der Waals surface area contributed by atoms with E-state index in [0.717, 1.165) is 43.9 Å². The number of nitrogens with zero attached hydrogens (tertiary/aromatic N) is 2. The molecule has 1 aromatic carbocycles. The van der Waals surface area contributed by atoms with Crippen molar-refractivity contribution in [2.45, 2.75) is 31.8 Å². The van der Waals surface area contributed by atoms with Crippen LogP contribution in [0.3, 0.4) is 0 Å². The summed E-state index contributed by atoms with van der Waals surface area (Å²) in [7, 11) is 0. The number of hydrogen-bond donors (Lipinski definition) is 0. The van der Waals surface area contributed by atoms with E-state index in [1.807, 2.05) is 0 Å². The molecule has 0 spiro atoms. The Hall–Kier alpha value is -2.51. The minimum atomic E-state index is -0.763. The van der Waals surface area contributed by atoms with Crippen LogP contribution in [0.1, 0.15) is 36.0 Å². The lowest BCUT2D eigenvalue weighted by molar-refractivity contribution is -0.394. The highest BCUT2D eigenvalue weighted by Crippen LogP contribution is 2.46. The highest BCUT2D eigenvalue weighted by molar-refractivity contribution is 5.91. The molecule has 3 rings (SSSR count). The maximum Gasteiger partial charge on any atom is 0.338 e. The molecule has 1 aromatic rings. The number of carbonyl (C=O) groups is 1. The van der Waals surface area contributed by atoms with Crippen LogP contribution in [-0.4, -0.2) is 21.9 Å². The van der Waals surface area contributed by atoms with Gasteiger partial charge in [-0.15, -0.1) is 0 Å². The van der Waals surface area contributed by atoms with E-state index < -0.39 is 27.2 Å². The van der Waals surface area contributed by atoms with Crippen molar-refractivity contribution in [1.29, 1.82) is 0 Å². The molecule has 0 aromatic heterocycles. The Balaban J connectivity index is 1.82. The molecule has 0 N–H and O–H groups in total. The van der Waals surface area contributed by atoms with Crippen molar-refractivity contribution in [3.8, 4) is 0 Å². The summed E-state index contributed by atoms with van der Waals surface area (Å²) >= 11 is 0. The lowest BCUT2D eigenvalue weighted by Gasteiger charge is -2.21. The van der Waals surface area contributed by atoms with Crippen LogP contribution in [0, 0.1) is 32.1 Å². The SMILES string of the molecule is O=C(O[C@H]1C[C@@H]2CC[C@@H]1C2)c1cc([N+](=O)[O-])cc([N+](=O)[O-])c1. The summed E-state index contributed by atoms with van der Waals surface area (Å²) in [6, 6.07) is 2.86. The monoisotopic (exact) mass is 306 g/mol. The number of benzene rings is 1. The van der Waals surface area contributed by atoms with Gasteiger partial charge in [-0.3, -0.25) is 20.2 Å². The van der Waals surface area contributed by atoms with Crippen molar-refractivity contribution >= 4 is 17.3 Å². The minimum Gasteiger partial charge on any atom is -0.458 e. The molecule has 3 atom stereocenters. The molecule has 0 saturated heterocycles. The van der Waals surface area contributed by atoms with Crippen LogP contribution in [0.15, 0.2) is 18.2 Å². The molecule has 8 nitrogen and oxygen atoms in total. The van der Waals surface area contributed by atoms with Crippen molar-refractivity contribution in [3.63, 3.8) is 0 Å². The number of fused-ring (bicyclic) bond motifs is 2. The predicted molar refractivity (Wildman–Crippen MR) is 74.4 cm³/mol. The van der Waals surface area contributed by atoms with Crippen LogP contribution in [0.2, 0.25) is 0 Å². The Morgan fingerprint density at radius 1 is 1.05 bits per heavy atom. The van der Waals surface area contributed by atoms with Gasteiger partial charge in [0, 0.05) is 12.1 Å². The smallest absolute Gasteiger partial charge is 0.338 e. The van der Waals surface area contributed by atoms with Gasteiger partial charge in [0.25, 0.3) is 11.4 Å². The van der Waals surface area contributed by atoms with E-state index in [4.69, 9.17) is 4.74 Å². The molecule has 8 heteroatoms. The van der Waals surface area contributed by atoms with Gasteiger partial charge in [-0.2, -0.15) is 0 Å². The minimum absolute atomic E-state index is 0.149. The summed E-state index contributed by atoms with van der Waals surface area (Å²) in [5.74, 6) is 0.203. The fraction of sp³-hybridized carbons (Fsp3) is 0.500. The number of carbonyl (C=O) groups excluding carboxylic acids is 1. The maximum atomic E-state index is 12.2. The standard InChI is InChI=1S/C14H14N2O6/c17-14(22-13-4-8-1-2-9(13)3-8)10-5-11(15(18)19)7-12(6-10)16(20)21/h5-9,13H,1-4H2/t8-,9-,13+/m1/s1. The molecule has 2 bridgehead atoms. The van der Waals surface area contributed by atoms with E-state index in [2.05, 4.69) is 0 Å². The van der Waals surface area contributed by atoms with E-state index in [0.29, 0.717) is 11.8 Å². The average Bonchev–Trinajstić information content (AvgIpc) is 3.09. The molecule has 22 heavy (non-hydrogen) atoms. The molecule has 2 aliphatic rings. The Labute approximate surface area is 125 Å². The quantitative estimate of drug-likeness (QED) is 0.480. The Morgan fingerprint density at radius 3 is 2.14 bits per heavy atom. The van der Waals surface area contributed by atoms with Crippen molar-refractivity contribution < 1.29 is 19.4 Å². The van der Waals surface area contributed by atoms with Gasteiger partial charge in [-0.25, -0.2) is 4.79 Å². The lowest BCUT2D eigenvalue weighted by Crippen LogP contribution is -2.24. The Kier molecular flexibility index (Phi) is 3.51. The van der Waals surface area contributed by atoms with Gasteiger partial charge in [-0.1, -0.05) is 0 Å².